The van der Waals surface area contributed by atoms with Gasteiger partial charge in [-0.25, -0.2) is 4.39 Å². The lowest BCUT2D eigenvalue weighted by atomic mass is 10.1. The number of hydrogen-bond acceptors (Lipinski definition) is 2. The summed E-state index contributed by atoms with van der Waals surface area (Å²) in [6.45, 7) is 1.57. The lowest BCUT2D eigenvalue weighted by molar-refractivity contribution is 0.193. The van der Waals surface area contributed by atoms with E-state index in [1.54, 1.807) is 19.1 Å². The van der Waals surface area contributed by atoms with Gasteiger partial charge in [0.1, 0.15) is 0 Å². The zero-order valence-corrected chi connectivity index (χ0v) is 7.04. The predicted molar refractivity (Wildman–Crippen MR) is 43.6 cm³/mol. The van der Waals surface area contributed by atoms with Crippen LogP contribution in [0.25, 0.3) is 0 Å². The van der Waals surface area contributed by atoms with Crippen molar-refractivity contribution in [3.05, 3.63) is 29.6 Å². The zero-order chi connectivity index (χ0) is 9.14. The fourth-order valence-corrected chi connectivity index (χ4v) is 1.07. The molecule has 66 valence electrons. The molecule has 0 heterocycles. The number of aliphatic hydroxyl groups is 1. The molecule has 3 heteroatoms. The van der Waals surface area contributed by atoms with E-state index in [-0.39, 0.29) is 5.75 Å². The Labute approximate surface area is 70.6 Å². The van der Waals surface area contributed by atoms with Crippen molar-refractivity contribution >= 4 is 0 Å². The van der Waals surface area contributed by atoms with Gasteiger partial charge < -0.3 is 9.84 Å². The van der Waals surface area contributed by atoms with Gasteiger partial charge in [0.25, 0.3) is 0 Å². The van der Waals surface area contributed by atoms with Gasteiger partial charge in [-0.3, -0.25) is 0 Å². The summed E-state index contributed by atoms with van der Waals surface area (Å²) in [6.07, 6.45) is -0.712. The van der Waals surface area contributed by atoms with Gasteiger partial charge >= 0.3 is 0 Å². The van der Waals surface area contributed by atoms with Crippen molar-refractivity contribution in [1.82, 2.24) is 0 Å². The molecule has 1 N–H and O–H groups in total. The standard InChI is InChI=1S/C9H11FO2/c1-6(11)7-4-3-5-8(10)9(7)12-2/h3-6,11H,1-2H3/t6-/m1/s1. The first-order chi connectivity index (χ1) is 5.66. The van der Waals surface area contributed by atoms with Gasteiger partial charge in [0.05, 0.1) is 13.2 Å². The minimum Gasteiger partial charge on any atom is -0.493 e. The second-order valence-corrected chi connectivity index (χ2v) is 2.54. The van der Waals surface area contributed by atoms with Crippen LogP contribution in [-0.4, -0.2) is 12.2 Å². The van der Waals surface area contributed by atoms with Gasteiger partial charge in [0.2, 0.25) is 0 Å². The van der Waals surface area contributed by atoms with E-state index in [0.29, 0.717) is 5.56 Å². The average molecular weight is 170 g/mol. The number of methoxy groups -OCH3 is 1. The molecule has 0 spiro atoms. The Morgan fingerprint density at radius 3 is 2.58 bits per heavy atom. The van der Waals surface area contributed by atoms with Gasteiger partial charge in [-0.1, -0.05) is 12.1 Å². The van der Waals surface area contributed by atoms with Gasteiger partial charge in [-0.2, -0.15) is 0 Å². The molecule has 0 amide bonds. The highest BCUT2D eigenvalue weighted by Crippen LogP contribution is 2.27. The third-order valence-corrected chi connectivity index (χ3v) is 1.65. The van der Waals surface area contributed by atoms with Crippen LogP contribution in [0.4, 0.5) is 4.39 Å². The highest BCUT2D eigenvalue weighted by atomic mass is 19.1. The van der Waals surface area contributed by atoms with Gasteiger partial charge in [-0.15, -0.1) is 0 Å². The predicted octanol–water partition coefficient (Wildman–Crippen LogP) is 1.89. The maximum atomic E-state index is 13.0. The van der Waals surface area contributed by atoms with Crippen molar-refractivity contribution < 1.29 is 14.2 Å². The lowest BCUT2D eigenvalue weighted by Crippen LogP contribution is -1.98. The second kappa shape index (κ2) is 3.54. The molecular formula is C9H11FO2. The van der Waals surface area contributed by atoms with Crippen LogP contribution < -0.4 is 4.74 Å². The molecule has 2 nitrogen and oxygen atoms in total. The SMILES string of the molecule is COc1c(F)cccc1[C@@H](C)O. The maximum absolute atomic E-state index is 13.0. The minimum absolute atomic E-state index is 0.118. The van der Waals surface area contributed by atoms with Gasteiger partial charge in [0, 0.05) is 5.56 Å². The molecule has 0 aromatic heterocycles. The monoisotopic (exact) mass is 170 g/mol. The third-order valence-electron chi connectivity index (χ3n) is 1.65. The molecule has 0 radical (unpaired) electrons. The summed E-state index contributed by atoms with van der Waals surface area (Å²) < 4.78 is 17.8. The minimum atomic E-state index is -0.712. The van der Waals surface area contributed by atoms with Crippen molar-refractivity contribution in [3.63, 3.8) is 0 Å². The molecule has 12 heavy (non-hydrogen) atoms. The van der Waals surface area contributed by atoms with E-state index in [1.165, 1.54) is 13.2 Å². The van der Waals surface area contributed by atoms with E-state index in [0.717, 1.165) is 0 Å². The molecule has 0 bridgehead atoms. The summed E-state index contributed by atoms with van der Waals surface area (Å²) in [5.74, 6) is -0.330. The summed E-state index contributed by atoms with van der Waals surface area (Å²) in [5.41, 5.74) is 0.470. The first-order valence-corrected chi connectivity index (χ1v) is 3.67. The lowest BCUT2D eigenvalue weighted by Gasteiger charge is -2.10. The highest BCUT2D eigenvalue weighted by Gasteiger charge is 2.11. The molecule has 0 fully saturated rings. The number of para-hydroxylation sites is 1. The molecule has 1 aromatic rings. The normalized spacial score (nSPS) is 12.7. The first kappa shape index (κ1) is 9.00. The Bertz CT molecular complexity index is 271. The third kappa shape index (κ3) is 1.56. The van der Waals surface area contributed by atoms with Crippen molar-refractivity contribution in [3.8, 4) is 5.75 Å². The Hall–Kier alpha value is -1.09. The largest absolute Gasteiger partial charge is 0.493 e. The molecule has 0 saturated heterocycles. The van der Waals surface area contributed by atoms with E-state index in [9.17, 15) is 9.50 Å². The van der Waals surface area contributed by atoms with Crippen LogP contribution >= 0.6 is 0 Å². The molecule has 1 atom stereocenters. The van der Waals surface area contributed by atoms with Crippen LogP contribution in [-0.2, 0) is 0 Å². The first-order valence-electron chi connectivity index (χ1n) is 3.67. The Morgan fingerprint density at radius 1 is 1.50 bits per heavy atom. The number of benzene rings is 1. The number of hydrogen-bond donors (Lipinski definition) is 1. The van der Waals surface area contributed by atoms with Crippen LogP contribution in [0.5, 0.6) is 5.75 Å². The van der Waals surface area contributed by atoms with E-state index in [1.807, 2.05) is 0 Å². The molecule has 1 rings (SSSR count). The summed E-state index contributed by atoms with van der Waals surface area (Å²) in [7, 11) is 1.38. The molecular weight excluding hydrogens is 159 g/mol. The zero-order valence-electron chi connectivity index (χ0n) is 7.04. The molecule has 0 saturated carbocycles. The average Bonchev–Trinajstić information content (AvgIpc) is 2.03. The van der Waals surface area contributed by atoms with E-state index in [2.05, 4.69) is 0 Å². The van der Waals surface area contributed by atoms with Crippen molar-refractivity contribution in [2.75, 3.05) is 7.11 Å². The highest BCUT2D eigenvalue weighted by molar-refractivity contribution is 5.36. The van der Waals surface area contributed by atoms with Crippen LogP contribution in [0.2, 0.25) is 0 Å². The Kier molecular flexibility index (Phi) is 2.65. The van der Waals surface area contributed by atoms with Gasteiger partial charge in [0.15, 0.2) is 11.6 Å². The molecule has 1 aromatic carbocycles. The molecule has 0 aliphatic heterocycles. The second-order valence-electron chi connectivity index (χ2n) is 2.54. The molecule has 0 aliphatic rings. The Morgan fingerprint density at radius 2 is 2.17 bits per heavy atom. The van der Waals surface area contributed by atoms with Crippen molar-refractivity contribution in [1.29, 1.82) is 0 Å². The van der Waals surface area contributed by atoms with E-state index >= 15 is 0 Å². The fraction of sp³-hybridized carbons (Fsp3) is 0.333. The summed E-state index contributed by atoms with van der Waals surface area (Å²) >= 11 is 0. The number of aliphatic hydroxyl groups excluding tert-OH is 1. The van der Waals surface area contributed by atoms with Crippen molar-refractivity contribution in [2.24, 2.45) is 0 Å². The van der Waals surface area contributed by atoms with Gasteiger partial charge in [-0.05, 0) is 13.0 Å². The van der Waals surface area contributed by atoms with E-state index < -0.39 is 11.9 Å². The molecule has 0 unspecified atom stereocenters. The molecule has 0 aliphatic carbocycles. The quantitative estimate of drug-likeness (QED) is 0.734. The number of ether oxygens (including phenoxy) is 1. The topological polar surface area (TPSA) is 29.5 Å². The van der Waals surface area contributed by atoms with Crippen LogP contribution in [0, 0.1) is 5.82 Å². The number of halogens is 1. The number of rotatable bonds is 2. The summed E-state index contributed by atoms with van der Waals surface area (Å²) in [5, 5.41) is 9.21. The van der Waals surface area contributed by atoms with Crippen LogP contribution in [0.3, 0.4) is 0 Å². The van der Waals surface area contributed by atoms with Crippen LogP contribution in [0.15, 0.2) is 18.2 Å². The maximum Gasteiger partial charge on any atom is 0.165 e. The van der Waals surface area contributed by atoms with Crippen molar-refractivity contribution in [2.45, 2.75) is 13.0 Å². The fourth-order valence-electron chi connectivity index (χ4n) is 1.07. The summed E-state index contributed by atoms with van der Waals surface area (Å²) in [6, 6.07) is 4.47. The smallest absolute Gasteiger partial charge is 0.165 e. The van der Waals surface area contributed by atoms with Crippen LogP contribution in [0.1, 0.15) is 18.6 Å². The van der Waals surface area contributed by atoms with E-state index in [4.69, 9.17) is 4.74 Å². The summed E-state index contributed by atoms with van der Waals surface area (Å²) in [4.78, 5) is 0. The Balaban J connectivity index is 3.18.